The highest BCUT2D eigenvalue weighted by atomic mass is 32.2. The largest absolute Gasteiger partial charge is 0.375 e. The van der Waals surface area contributed by atoms with Crippen molar-refractivity contribution in [1.82, 2.24) is 0 Å². The molecule has 8 heteroatoms. The van der Waals surface area contributed by atoms with E-state index in [4.69, 9.17) is 4.74 Å². The van der Waals surface area contributed by atoms with Crippen molar-refractivity contribution >= 4 is 38.4 Å². The Hall–Kier alpha value is -1.38. The van der Waals surface area contributed by atoms with Gasteiger partial charge in [-0.05, 0) is 24.6 Å². The first-order chi connectivity index (χ1) is 10.9. The van der Waals surface area contributed by atoms with Crippen LogP contribution < -0.4 is 4.90 Å². The van der Waals surface area contributed by atoms with E-state index in [-0.39, 0.29) is 35.3 Å². The number of thioether (sulfide) groups is 1. The van der Waals surface area contributed by atoms with Crippen molar-refractivity contribution < 1.29 is 17.9 Å². The Bertz CT molecular complexity index is 760. The fraction of sp³-hybridized carbons (Fsp3) is 0.467. The summed E-state index contributed by atoms with van der Waals surface area (Å²) >= 11 is 1.37. The lowest BCUT2D eigenvalue weighted by Gasteiger charge is -2.24. The number of hydrogen-bond acceptors (Lipinski definition) is 5. The first-order valence-corrected chi connectivity index (χ1v) is 9.93. The molecule has 1 aromatic carbocycles. The van der Waals surface area contributed by atoms with Gasteiger partial charge in [0.05, 0.1) is 17.5 Å². The summed E-state index contributed by atoms with van der Waals surface area (Å²) in [7, 11) is -1.60. The highest BCUT2D eigenvalue weighted by Gasteiger charge is 2.49. The zero-order valence-corrected chi connectivity index (χ0v) is 14.6. The smallest absolute Gasteiger partial charge is 0.274 e. The van der Waals surface area contributed by atoms with Gasteiger partial charge >= 0.3 is 0 Å². The Labute approximate surface area is 139 Å². The van der Waals surface area contributed by atoms with Gasteiger partial charge in [-0.3, -0.25) is 4.79 Å². The van der Waals surface area contributed by atoms with Crippen molar-refractivity contribution in [2.24, 2.45) is 4.99 Å². The number of carbonyl (C=O) groups excluding carboxylic acids is 1. The molecule has 0 N–H and O–H groups in total. The Morgan fingerprint density at radius 2 is 2.22 bits per heavy atom. The highest BCUT2D eigenvalue weighted by Crippen LogP contribution is 2.41. The summed E-state index contributed by atoms with van der Waals surface area (Å²) in [5.41, 5.74) is 1.94. The van der Waals surface area contributed by atoms with Crippen molar-refractivity contribution in [3.05, 3.63) is 29.8 Å². The van der Waals surface area contributed by atoms with Crippen LogP contribution in [0.15, 0.2) is 29.3 Å². The number of hydrogen-bond donors (Lipinski definition) is 0. The van der Waals surface area contributed by atoms with Crippen molar-refractivity contribution in [3.8, 4) is 0 Å². The molecule has 1 aromatic rings. The second-order valence-electron chi connectivity index (χ2n) is 5.73. The predicted molar refractivity (Wildman–Crippen MR) is 91.8 cm³/mol. The number of methoxy groups -OCH3 is 1. The molecule has 2 aliphatic heterocycles. The van der Waals surface area contributed by atoms with Crippen LogP contribution >= 0.6 is 11.8 Å². The van der Waals surface area contributed by atoms with Crippen molar-refractivity contribution in [3.63, 3.8) is 0 Å². The van der Waals surface area contributed by atoms with Gasteiger partial charge in [0.15, 0.2) is 15.0 Å². The molecule has 2 fully saturated rings. The van der Waals surface area contributed by atoms with Gasteiger partial charge in [0.1, 0.15) is 6.61 Å². The minimum Gasteiger partial charge on any atom is -0.375 e. The van der Waals surface area contributed by atoms with Gasteiger partial charge in [0, 0.05) is 18.0 Å². The number of amidine groups is 1. The van der Waals surface area contributed by atoms with E-state index in [2.05, 4.69) is 4.99 Å². The monoisotopic (exact) mass is 354 g/mol. The third-order valence-corrected chi connectivity index (χ3v) is 7.04. The fourth-order valence-electron chi connectivity index (χ4n) is 2.91. The fourth-order valence-corrected chi connectivity index (χ4v) is 6.84. The molecule has 2 atom stereocenters. The van der Waals surface area contributed by atoms with Crippen LogP contribution in [0.25, 0.3) is 0 Å². The van der Waals surface area contributed by atoms with Crippen LogP contribution in [-0.4, -0.2) is 56.0 Å². The molecule has 2 heterocycles. The molecule has 124 valence electrons. The summed E-state index contributed by atoms with van der Waals surface area (Å²) in [5, 5.41) is 0.470. The summed E-state index contributed by atoms with van der Waals surface area (Å²) in [6, 6.07) is 7.60. The molecule has 0 aromatic heterocycles. The van der Waals surface area contributed by atoms with Gasteiger partial charge in [-0.1, -0.05) is 23.9 Å². The Kier molecular flexibility index (Phi) is 4.48. The van der Waals surface area contributed by atoms with Gasteiger partial charge in [-0.25, -0.2) is 8.42 Å². The van der Waals surface area contributed by atoms with Crippen LogP contribution in [0.2, 0.25) is 0 Å². The van der Waals surface area contributed by atoms with Crippen molar-refractivity contribution in [2.75, 3.05) is 30.1 Å². The number of carbonyl (C=O) groups is 1. The van der Waals surface area contributed by atoms with Crippen molar-refractivity contribution in [2.45, 2.75) is 18.2 Å². The van der Waals surface area contributed by atoms with Crippen LogP contribution in [-0.2, 0) is 19.4 Å². The lowest BCUT2D eigenvalue weighted by Crippen LogP contribution is -2.37. The minimum absolute atomic E-state index is 0.0840. The number of sulfone groups is 1. The van der Waals surface area contributed by atoms with Gasteiger partial charge in [0.2, 0.25) is 0 Å². The molecule has 0 bridgehead atoms. The van der Waals surface area contributed by atoms with Crippen molar-refractivity contribution in [1.29, 1.82) is 0 Å². The molecular formula is C15H18N2O4S2. The predicted octanol–water partition coefficient (Wildman–Crippen LogP) is 1.24. The summed E-state index contributed by atoms with van der Waals surface area (Å²) in [6.45, 7) is 1.89. The van der Waals surface area contributed by atoms with E-state index >= 15 is 0 Å². The van der Waals surface area contributed by atoms with E-state index in [0.717, 1.165) is 11.3 Å². The van der Waals surface area contributed by atoms with Crippen LogP contribution in [0, 0.1) is 6.92 Å². The maximum absolute atomic E-state index is 12.0. The topological polar surface area (TPSA) is 76.0 Å². The second kappa shape index (κ2) is 6.26. The molecule has 2 saturated heterocycles. The molecule has 3 rings (SSSR count). The van der Waals surface area contributed by atoms with Crippen LogP contribution in [0.4, 0.5) is 5.69 Å². The molecule has 0 radical (unpaired) electrons. The number of benzene rings is 1. The van der Waals surface area contributed by atoms with Gasteiger partial charge in [-0.2, -0.15) is 4.99 Å². The molecule has 0 spiro atoms. The minimum atomic E-state index is -3.05. The summed E-state index contributed by atoms with van der Waals surface area (Å²) < 4.78 is 28.7. The number of fused-ring (bicyclic) bond motifs is 1. The lowest BCUT2D eigenvalue weighted by atomic mass is 10.1. The van der Waals surface area contributed by atoms with Crippen LogP contribution in [0.3, 0.4) is 0 Å². The standard InChI is InChI=1S/C15H18N2O4S2/c1-10-4-3-5-11(6-10)17-12-8-23(19,20)9-13(12)22-15(17)16-14(18)7-21-2/h3-6,12-13H,7-9H2,1-2H3/t12-,13+/m0/s1. The molecule has 0 unspecified atom stereocenters. The number of amides is 1. The lowest BCUT2D eigenvalue weighted by molar-refractivity contribution is -0.121. The first-order valence-electron chi connectivity index (χ1n) is 7.23. The van der Waals surface area contributed by atoms with E-state index in [1.165, 1.54) is 18.9 Å². The number of aryl methyl sites for hydroxylation is 1. The van der Waals surface area contributed by atoms with Gasteiger partial charge in [0.25, 0.3) is 5.91 Å². The van der Waals surface area contributed by atoms with Crippen LogP contribution in [0.1, 0.15) is 5.56 Å². The summed E-state index contributed by atoms with van der Waals surface area (Å²) in [5.74, 6) is -0.145. The van der Waals surface area contributed by atoms with Gasteiger partial charge < -0.3 is 9.64 Å². The molecule has 0 aliphatic carbocycles. The number of aliphatic imine (C=N–C) groups is 1. The maximum Gasteiger partial charge on any atom is 0.274 e. The number of anilines is 1. The van der Waals surface area contributed by atoms with Crippen LogP contribution in [0.5, 0.6) is 0 Å². The highest BCUT2D eigenvalue weighted by molar-refractivity contribution is 8.16. The Balaban J connectivity index is 1.99. The van der Waals surface area contributed by atoms with E-state index in [1.807, 2.05) is 36.1 Å². The first kappa shape index (κ1) is 16.5. The van der Waals surface area contributed by atoms with E-state index in [0.29, 0.717) is 5.17 Å². The normalized spacial score (nSPS) is 27.4. The average molecular weight is 354 g/mol. The van der Waals surface area contributed by atoms with Gasteiger partial charge in [-0.15, -0.1) is 0 Å². The Morgan fingerprint density at radius 1 is 1.43 bits per heavy atom. The third kappa shape index (κ3) is 3.44. The number of ether oxygens (including phenoxy) is 1. The molecule has 0 saturated carbocycles. The molecular weight excluding hydrogens is 336 g/mol. The third-order valence-electron chi connectivity index (χ3n) is 3.83. The SMILES string of the molecule is COCC(=O)N=C1S[C@@H]2CS(=O)(=O)C[C@@H]2N1c1cccc(C)c1. The Morgan fingerprint density at radius 3 is 2.91 bits per heavy atom. The zero-order valence-electron chi connectivity index (χ0n) is 12.9. The van der Waals surface area contributed by atoms with E-state index < -0.39 is 9.84 Å². The zero-order chi connectivity index (χ0) is 16.6. The molecule has 23 heavy (non-hydrogen) atoms. The molecule has 6 nitrogen and oxygen atoms in total. The maximum atomic E-state index is 12.0. The van der Waals surface area contributed by atoms with E-state index in [1.54, 1.807) is 0 Å². The van der Waals surface area contributed by atoms with E-state index in [9.17, 15) is 13.2 Å². The molecule has 1 amide bonds. The summed E-state index contributed by atoms with van der Waals surface area (Å²) in [4.78, 5) is 17.8. The quantitative estimate of drug-likeness (QED) is 0.813. The molecule has 2 aliphatic rings. The second-order valence-corrected chi connectivity index (χ2v) is 9.09. The number of nitrogens with zero attached hydrogens (tertiary/aromatic N) is 2. The summed E-state index contributed by atoms with van der Waals surface area (Å²) in [6.07, 6.45) is 0. The average Bonchev–Trinajstić information content (AvgIpc) is 2.89. The number of rotatable bonds is 3.